The van der Waals surface area contributed by atoms with Crippen molar-refractivity contribution in [2.45, 2.75) is 12.6 Å². The Bertz CT molecular complexity index is 899. The van der Waals surface area contributed by atoms with Crippen molar-refractivity contribution in [3.05, 3.63) is 66.3 Å². The molecule has 0 spiro atoms. The Balaban J connectivity index is 1.44. The Morgan fingerprint density at radius 1 is 1.22 bits per heavy atom. The molecule has 8 heteroatoms. The van der Waals surface area contributed by atoms with Crippen LogP contribution in [0.5, 0.6) is 0 Å². The lowest BCUT2D eigenvalue weighted by molar-refractivity contribution is -0.135. The quantitative estimate of drug-likeness (QED) is 0.709. The molecular formula is C19H20N6O2. The molecule has 1 aromatic carbocycles. The van der Waals surface area contributed by atoms with Crippen LogP contribution in [0.1, 0.15) is 17.5 Å². The zero-order chi connectivity index (χ0) is 18.6. The molecular weight excluding hydrogens is 344 g/mol. The predicted octanol–water partition coefficient (Wildman–Crippen LogP) is 1.56. The Hall–Kier alpha value is -3.10. The summed E-state index contributed by atoms with van der Waals surface area (Å²) >= 11 is 0. The van der Waals surface area contributed by atoms with Crippen molar-refractivity contribution >= 4 is 5.91 Å². The molecule has 0 saturated carbocycles. The van der Waals surface area contributed by atoms with Crippen molar-refractivity contribution in [2.75, 3.05) is 13.6 Å². The summed E-state index contributed by atoms with van der Waals surface area (Å²) in [6.45, 7) is 0.823. The van der Waals surface area contributed by atoms with Crippen LogP contribution in [0, 0.1) is 5.92 Å². The number of hydrogen-bond acceptors (Lipinski definition) is 7. The molecule has 2 aromatic heterocycles. The average Bonchev–Trinajstić information content (AvgIpc) is 3.38. The van der Waals surface area contributed by atoms with Crippen molar-refractivity contribution in [3.63, 3.8) is 0 Å². The fourth-order valence-corrected chi connectivity index (χ4v) is 3.20. The van der Waals surface area contributed by atoms with E-state index >= 15 is 0 Å². The number of carbonyl (C=O) groups is 1. The van der Waals surface area contributed by atoms with Crippen molar-refractivity contribution in [3.8, 4) is 11.4 Å². The second-order valence-corrected chi connectivity index (χ2v) is 6.46. The summed E-state index contributed by atoms with van der Waals surface area (Å²) < 4.78 is 5.31. The molecule has 2 unspecified atom stereocenters. The maximum atomic E-state index is 13.0. The minimum atomic E-state index is -0.208. The van der Waals surface area contributed by atoms with E-state index in [9.17, 15) is 4.79 Å². The Morgan fingerprint density at radius 2 is 2.00 bits per heavy atom. The Kier molecular flexibility index (Phi) is 4.91. The SMILES string of the molecule is CN(Cc1nc(-c2ccncc2)no1)C(=O)C1CNNC1c1ccccc1. The number of pyridine rings is 1. The van der Waals surface area contributed by atoms with Gasteiger partial charge in [0.1, 0.15) is 0 Å². The topological polar surface area (TPSA) is 96.2 Å². The zero-order valence-electron chi connectivity index (χ0n) is 14.9. The van der Waals surface area contributed by atoms with Gasteiger partial charge in [0, 0.05) is 31.5 Å². The van der Waals surface area contributed by atoms with E-state index in [0.717, 1.165) is 11.1 Å². The molecule has 1 aliphatic heterocycles. The van der Waals surface area contributed by atoms with Gasteiger partial charge in [-0.2, -0.15) is 4.98 Å². The van der Waals surface area contributed by atoms with E-state index in [-0.39, 0.29) is 24.4 Å². The summed E-state index contributed by atoms with van der Waals surface area (Å²) in [6.07, 6.45) is 3.34. The molecule has 1 aliphatic rings. The summed E-state index contributed by atoms with van der Waals surface area (Å²) in [5, 5.41) is 3.98. The Labute approximate surface area is 156 Å². The molecule has 0 radical (unpaired) electrons. The first kappa shape index (κ1) is 17.3. The van der Waals surface area contributed by atoms with E-state index in [1.54, 1.807) is 24.3 Å². The summed E-state index contributed by atoms with van der Waals surface area (Å²) in [6, 6.07) is 13.5. The smallest absolute Gasteiger partial charge is 0.246 e. The van der Waals surface area contributed by atoms with Crippen LogP contribution in [0.3, 0.4) is 0 Å². The molecule has 8 nitrogen and oxygen atoms in total. The standard InChI is InChI=1S/C19H20N6O2/c1-25(12-16-22-18(24-27-16)14-7-9-20-10-8-14)19(26)15-11-21-23-17(15)13-5-3-2-4-6-13/h2-10,15,17,21,23H,11-12H2,1H3. The zero-order valence-corrected chi connectivity index (χ0v) is 14.9. The number of carbonyl (C=O) groups excluding carboxylic acids is 1. The first-order valence-electron chi connectivity index (χ1n) is 8.73. The molecule has 3 heterocycles. The lowest BCUT2D eigenvalue weighted by Crippen LogP contribution is -2.36. The first-order chi connectivity index (χ1) is 13.2. The second kappa shape index (κ2) is 7.65. The van der Waals surface area contributed by atoms with Crippen LogP contribution < -0.4 is 10.9 Å². The normalized spacial score (nSPS) is 19.1. The summed E-state index contributed by atoms with van der Waals surface area (Å²) in [7, 11) is 1.75. The molecule has 3 aromatic rings. The van der Waals surface area contributed by atoms with Crippen LogP contribution in [-0.2, 0) is 11.3 Å². The minimum absolute atomic E-state index is 0.0185. The number of hydrogen-bond donors (Lipinski definition) is 2. The third kappa shape index (κ3) is 3.71. The van der Waals surface area contributed by atoms with Crippen LogP contribution >= 0.6 is 0 Å². The highest BCUT2D eigenvalue weighted by Gasteiger charge is 2.35. The van der Waals surface area contributed by atoms with Crippen molar-refractivity contribution < 1.29 is 9.32 Å². The molecule has 0 bridgehead atoms. The predicted molar refractivity (Wildman–Crippen MR) is 97.8 cm³/mol. The fraction of sp³-hybridized carbons (Fsp3) is 0.263. The van der Waals surface area contributed by atoms with Crippen LogP contribution in [0.4, 0.5) is 0 Å². The van der Waals surface area contributed by atoms with Gasteiger partial charge in [0.2, 0.25) is 17.6 Å². The summed E-state index contributed by atoms with van der Waals surface area (Å²) in [5.41, 5.74) is 8.18. The van der Waals surface area contributed by atoms with Gasteiger partial charge in [-0.3, -0.25) is 15.2 Å². The maximum absolute atomic E-state index is 13.0. The van der Waals surface area contributed by atoms with Gasteiger partial charge in [0.25, 0.3) is 0 Å². The largest absolute Gasteiger partial charge is 0.337 e. The minimum Gasteiger partial charge on any atom is -0.337 e. The van der Waals surface area contributed by atoms with E-state index < -0.39 is 0 Å². The molecule has 1 saturated heterocycles. The van der Waals surface area contributed by atoms with Gasteiger partial charge < -0.3 is 9.42 Å². The van der Waals surface area contributed by atoms with Crippen molar-refractivity contribution in [1.82, 2.24) is 30.9 Å². The van der Waals surface area contributed by atoms with Crippen LogP contribution in [-0.4, -0.2) is 39.5 Å². The first-order valence-corrected chi connectivity index (χ1v) is 8.73. The van der Waals surface area contributed by atoms with E-state index in [2.05, 4.69) is 26.0 Å². The third-order valence-electron chi connectivity index (χ3n) is 4.61. The van der Waals surface area contributed by atoms with Gasteiger partial charge in [0.15, 0.2) is 0 Å². The van der Waals surface area contributed by atoms with Gasteiger partial charge >= 0.3 is 0 Å². The van der Waals surface area contributed by atoms with Gasteiger partial charge in [-0.05, 0) is 17.7 Å². The number of rotatable bonds is 5. The van der Waals surface area contributed by atoms with Gasteiger partial charge in [-0.15, -0.1) is 0 Å². The number of nitrogens with zero attached hydrogens (tertiary/aromatic N) is 4. The lowest BCUT2D eigenvalue weighted by Gasteiger charge is -2.23. The second-order valence-electron chi connectivity index (χ2n) is 6.46. The fourth-order valence-electron chi connectivity index (χ4n) is 3.20. The average molecular weight is 364 g/mol. The van der Waals surface area contributed by atoms with Gasteiger partial charge in [-0.25, -0.2) is 5.43 Å². The summed E-state index contributed by atoms with van der Waals surface area (Å²) in [4.78, 5) is 22.9. The molecule has 1 fully saturated rings. The highest BCUT2D eigenvalue weighted by Crippen LogP contribution is 2.26. The van der Waals surface area contributed by atoms with Crippen LogP contribution in [0.2, 0.25) is 0 Å². The maximum Gasteiger partial charge on any atom is 0.246 e. The highest BCUT2D eigenvalue weighted by atomic mass is 16.5. The molecule has 2 N–H and O–H groups in total. The van der Waals surface area contributed by atoms with Crippen LogP contribution in [0.25, 0.3) is 11.4 Å². The molecule has 0 aliphatic carbocycles. The Morgan fingerprint density at radius 3 is 2.78 bits per heavy atom. The highest BCUT2D eigenvalue weighted by molar-refractivity contribution is 5.80. The van der Waals surface area contributed by atoms with Gasteiger partial charge in [0.05, 0.1) is 18.5 Å². The molecule has 1 amide bonds. The number of nitrogens with one attached hydrogen (secondary N) is 2. The number of aromatic nitrogens is 3. The van der Waals surface area contributed by atoms with Crippen molar-refractivity contribution in [1.29, 1.82) is 0 Å². The van der Waals surface area contributed by atoms with E-state index in [4.69, 9.17) is 4.52 Å². The third-order valence-corrected chi connectivity index (χ3v) is 4.61. The van der Waals surface area contributed by atoms with E-state index in [0.29, 0.717) is 18.3 Å². The number of hydrazine groups is 1. The lowest BCUT2D eigenvalue weighted by atomic mass is 9.94. The van der Waals surface area contributed by atoms with Crippen molar-refractivity contribution in [2.24, 2.45) is 5.92 Å². The molecule has 27 heavy (non-hydrogen) atoms. The van der Waals surface area contributed by atoms with Gasteiger partial charge in [-0.1, -0.05) is 35.5 Å². The number of benzene rings is 1. The van der Waals surface area contributed by atoms with Crippen LogP contribution in [0.15, 0.2) is 59.4 Å². The molecule has 2 atom stereocenters. The van der Waals surface area contributed by atoms with E-state index in [1.165, 1.54) is 0 Å². The molecule has 138 valence electrons. The molecule has 4 rings (SSSR count). The monoisotopic (exact) mass is 364 g/mol. The number of amides is 1. The van der Waals surface area contributed by atoms with E-state index in [1.807, 2.05) is 42.5 Å². The summed E-state index contributed by atoms with van der Waals surface area (Å²) in [5.74, 6) is 0.692.